The van der Waals surface area contributed by atoms with Gasteiger partial charge in [-0.05, 0) is 42.5 Å². The summed E-state index contributed by atoms with van der Waals surface area (Å²) in [6.07, 6.45) is 0. The summed E-state index contributed by atoms with van der Waals surface area (Å²) in [5.74, 6) is -3.05. The molecule has 2 heterocycles. The van der Waals surface area contributed by atoms with Crippen LogP contribution in [0.1, 0.15) is 15.9 Å². The van der Waals surface area contributed by atoms with E-state index in [1.54, 1.807) is 18.2 Å². The first-order valence-corrected chi connectivity index (χ1v) is 9.48. The third-order valence-electron chi connectivity index (χ3n) is 4.66. The van der Waals surface area contributed by atoms with Crippen LogP contribution in [-0.2, 0) is 24.8 Å². The van der Waals surface area contributed by atoms with Crippen molar-refractivity contribution in [2.45, 2.75) is 5.79 Å². The molecule has 1 fully saturated rings. The third kappa shape index (κ3) is 3.40. The Morgan fingerprint density at radius 3 is 2.48 bits per heavy atom. The number of ether oxygens (including phenoxy) is 2. The Morgan fingerprint density at radius 2 is 1.83 bits per heavy atom. The fourth-order valence-electron chi connectivity index (χ4n) is 3.37. The highest BCUT2D eigenvalue weighted by Crippen LogP contribution is 2.46. The Labute approximate surface area is 173 Å². The molecule has 1 spiro atoms. The smallest absolute Gasteiger partial charge is 0.293 e. The Bertz CT molecular complexity index is 988. The molecule has 2 aromatic rings. The molecule has 150 valence electrons. The number of amides is 3. The topological polar surface area (TPSA) is 117 Å². The van der Waals surface area contributed by atoms with Gasteiger partial charge in [0, 0.05) is 21.3 Å². The third-order valence-corrected chi connectivity index (χ3v) is 5.15. The van der Waals surface area contributed by atoms with Crippen LogP contribution in [0.2, 0.25) is 0 Å². The fourth-order valence-corrected chi connectivity index (χ4v) is 3.73. The van der Waals surface area contributed by atoms with Crippen molar-refractivity contribution in [3.8, 4) is 0 Å². The van der Waals surface area contributed by atoms with Crippen LogP contribution in [-0.4, -0.2) is 42.7 Å². The van der Waals surface area contributed by atoms with Crippen LogP contribution in [0.4, 0.5) is 11.4 Å². The van der Waals surface area contributed by atoms with Crippen molar-refractivity contribution >= 4 is 45.0 Å². The summed E-state index contributed by atoms with van der Waals surface area (Å²) in [4.78, 5) is 38.3. The first kappa shape index (κ1) is 19.5. The van der Waals surface area contributed by atoms with E-state index in [1.165, 1.54) is 34.6 Å². The number of benzene rings is 2. The van der Waals surface area contributed by atoms with E-state index in [2.05, 4.69) is 21.2 Å². The molecule has 29 heavy (non-hydrogen) atoms. The molecule has 0 atom stereocenters. The van der Waals surface area contributed by atoms with Gasteiger partial charge in [-0.25, -0.2) is 5.48 Å². The van der Waals surface area contributed by atoms with Crippen molar-refractivity contribution in [3.63, 3.8) is 0 Å². The molecule has 3 N–H and O–H groups in total. The van der Waals surface area contributed by atoms with E-state index in [-0.39, 0.29) is 25.3 Å². The molecule has 0 saturated carbocycles. The number of halogens is 1. The Morgan fingerprint density at radius 1 is 1.14 bits per heavy atom. The number of carbonyl (C=O) groups excluding carboxylic acids is 3. The second kappa shape index (κ2) is 7.56. The molecule has 0 unspecified atom stereocenters. The summed E-state index contributed by atoms with van der Waals surface area (Å²) in [6, 6.07) is 11.2. The maximum atomic E-state index is 13.1. The predicted molar refractivity (Wildman–Crippen MR) is 104 cm³/mol. The molecule has 2 aliphatic heterocycles. The van der Waals surface area contributed by atoms with Crippen LogP contribution < -0.4 is 15.7 Å². The van der Waals surface area contributed by atoms with Crippen molar-refractivity contribution in [2.24, 2.45) is 0 Å². The summed E-state index contributed by atoms with van der Waals surface area (Å²) in [5, 5.41) is 11.3. The Balaban J connectivity index is 1.53. The van der Waals surface area contributed by atoms with E-state index in [9.17, 15) is 14.4 Å². The summed E-state index contributed by atoms with van der Waals surface area (Å²) < 4.78 is 12.1. The maximum Gasteiger partial charge on any atom is 0.293 e. The molecular formula is C19H16BrN3O6. The van der Waals surface area contributed by atoms with Crippen LogP contribution >= 0.6 is 15.9 Å². The summed E-state index contributed by atoms with van der Waals surface area (Å²) >= 11 is 3.39. The number of hydrogen-bond acceptors (Lipinski definition) is 6. The van der Waals surface area contributed by atoms with E-state index in [0.717, 1.165) is 4.47 Å². The van der Waals surface area contributed by atoms with Gasteiger partial charge in [0.05, 0.1) is 18.9 Å². The van der Waals surface area contributed by atoms with Gasteiger partial charge in [-0.2, -0.15) is 0 Å². The quantitative estimate of drug-likeness (QED) is 0.471. The van der Waals surface area contributed by atoms with Crippen molar-refractivity contribution in [2.75, 3.05) is 30.0 Å². The largest absolute Gasteiger partial charge is 0.336 e. The zero-order valence-corrected chi connectivity index (χ0v) is 16.6. The van der Waals surface area contributed by atoms with Crippen LogP contribution in [0.25, 0.3) is 0 Å². The normalized spacial score (nSPS) is 16.8. The minimum Gasteiger partial charge on any atom is -0.336 e. The van der Waals surface area contributed by atoms with Crippen LogP contribution in [0.5, 0.6) is 0 Å². The number of nitrogens with zero attached hydrogens (tertiary/aromatic N) is 1. The molecule has 2 aliphatic rings. The van der Waals surface area contributed by atoms with Gasteiger partial charge in [0.1, 0.15) is 6.54 Å². The van der Waals surface area contributed by atoms with E-state index >= 15 is 0 Å². The number of fused-ring (bicyclic) bond motifs is 2. The average Bonchev–Trinajstić information content (AvgIpc) is 3.29. The molecule has 1 saturated heterocycles. The van der Waals surface area contributed by atoms with Crippen molar-refractivity contribution < 1.29 is 29.1 Å². The van der Waals surface area contributed by atoms with E-state index in [0.29, 0.717) is 16.9 Å². The standard InChI is InChI=1S/C19H16BrN3O6/c20-12-3-6-15-14(9-12)19(28-7-8-29-19)18(26)23(15)10-16(24)21-13-4-1-11(2-5-13)17(25)22-27/h1-6,9,27H,7-8,10H2,(H,21,24)(H,22,25). The molecule has 10 heteroatoms. The van der Waals surface area contributed by atoms with E-state index in [4.69, 9.17) is 14.7 Å². The Hall–Kier alpha value is -2.79. The lowest BCUT2D eigenvalue weighted by Crippen LogP contribution is -2.44. The number of carbonyl (C=O) groups is 3. The minimum absolute atomic E-state index is 0.234. The molecule has 4 rings (SSSR count). The van der Waals surface area contributed by atoms with Gasteiger partial charge in [0.25, 0.3) is 17.6 Å². The van der Waals surface area contributed by atoms with E-state index in [1.807, 2.05) is 0 Å². The molecule has 0 aliphatic carbocycles. The predicted octanol–water partition coefficient (Wildman–Crippen LogP) is 1.75. The first-order chi connectivity index (χ1) is 13.9. The average molecular weight is 462 g/mol. The lowest BCUT2D eigenvalue weighted by atomic mass is 10.1. The van der Waals surface area contributed by atoms with Gasteiger partial charge in [-0.3, -0.25) is 24.5 Å². The van der Waals surface area contributed by atoms with Crippen LogP contribution in [0, 0.1) is 0 Å². The minimum atomic E-state index is -1.52. The van der Waals surface area contributed by atoms with Crippen LogP contribution in [0.15, 0.2) is 46.9 Å². The first-order valence-electron chi connectivity index (χ1n) is 8.69. The molecule has 2 aromatic carbocycles. The zero-order chi connectivity index (χ0) is 20.6. The number of hydrogen-bond donors (Lipinski definition) is 3. The molecule has 3 amide bonds. The second-order valence-electron chi connectivity index (χ2n) is 6.43. The van der Waals surface area contributed by atoms with Gasteiger partial charge >= 0.3 is 0 Å². The van der Waals surface area contributed by atoms with Gasteiger partial charge in [-0.15, -0.1) is 0 Å². The van der Waals surface area contributed by atoms with Gasteiger partial charge in [0.15, 0.2) is 0 Å². The van der Waals surface area contributed by atoms with Crippen LogP contribution in [0.3, 0.4) is 0 Å². The Kier molecular flexibility index (Phi) is 5.09. The maximum absolute atomic E-state index is 13.1. The highest BCUT2D eigenvalue weighted by molar-refractivity contribution is 9.10. The SMILES string of the molecule is O=C(CN1C(=O)C2(OCCO2)c2cc(Br)ccc21)Nc1ccc(C(=O)NO)cc1. The van der Waals surface area contributed by atoms with Gasteiger partial charge in [0.2, 0.25) is 5.91 Å². The van der Waals surface area contributed by atoms with Gasteiger partial charge < -0.3 is 14.8 Å². The number of rotatable bonds is 4. The molecule has 0 radical (unpaired) electrons. The highest BCUT2D eigenvalue weighted by atomic mass is 79.9. The highest BCUT2D eigenvalue weighted by Gasteiger charge is 2.56. The second-order valence-corrected chi connectivity index (χ2v) is 7.35. The van der Waals surface area contributed by atoms with E-state index < -0.39 is 23.5 Å². The number of anilines is 2. The molecule has 0 bridgehead atoms. The molecular weight excluding hydrogens is 446 g/mol. The number of nitrogens with one attached hydrogen (secondary N) is 2. The van der Waals surface area contributed by atoms with Gasteiger partial charge in [-0.1, -0.05) is 15.9 Å². The molecule has 0 aromatic heterocycles. The summed E-state index contributed by atoms with van der Waals surface area (Å²) in [5.41, 5.74) is 3.31. The summed E-state index contributed by atoms with van der Waals surface area (Å²) in [6.45, 7) is 0.331. The van der Waals surface area contributed by atoms with Crippen molar-refractivity contribution in [3.05, 3.63) is 58.1 Å². The lowest BCUT2D eigenvalue weighted by Gasteiger charge is -2.21. The number of hydroxylamine groups is 1. The summed E-state index contributed by atoms with van der Waals surface area (Å²) in [7, 11) is 0. The lowest BCUT2D eigenvalue weighted by molar-refractivity contribution is -0.180. The monoisotopic (exact) mass is 461 g/mol. The van der Waals surface area contributed by atoms with Crippen molar-refractivity contribution in [1.29, 1.82) is 0 Å². The van der Waals surface area contributed by atoms with Crippen molar-refractivity contribution in [1.82, 2.24) is 5.48 Å². The zero-order valence-electron chi connectivity index (χ0n) is 15.0. The molecule has 9 nitrogen and oxygen atoms in total. The fraction of sp³-hybridized carbons (Fsp3) is 0.211.